The topological polar surface area (TPSA) is 40.6 Å². The van der Waals surface area contributed by atoms with Gasteiger partial charge in [-0.3, -0.25) is 0 Å². The lowest BCUT2D eigenvalue weighted by Gasteiger charge is -2.36. The first-order valence-corrected chi connectivity index (χ1v) is 8.58. The van der Waals surface area contributed by atoms with E-state index in [4.69, 9.17) is 0 Å². The van der Waals surface area contributed by atoms with Crippen LogP contribution in [0.4, 0.5) is 0 Å². The van der Waals surface area contributed by atoms with Crippen LogP contribution in [0.2, 0.25) is 0 Å². The van der Waals surface area contributed by atoms with Gasteiger partial charge in [0.2, 0.25) is 10.0 Å². The molecule has 5 heteroatoms. The lowest BCUT2D eigenvalue weighted by Crippen LogP contribution is -2.50. The standard InChI is InChI=1S/C13H24N2O2S/c1-2-18(16,17)15-10-8-14(9-11-15)12-13-6-4-3-5-7-13/h3-4,13H,2,5-12H2,1H3. The number of sulfonamides is 1. The molecule has 0 saturated carbocycles. The second-order valence-corrected chi connectivity index (χ2v) is 7.51. The highest BCUT2D eigenvalue weighted by Gasteiger charge is 2.26. The Hall–Kier alpha value is -0.390. The Morgan fingerprint density at radius 2 is 1.89 bits per heavy atom. The maximum atomic E-state index is 11.7. The predicted octanol–water partition coefficient (Wildman–Crippen LogP) is 1.31. The van der Waals surface area contributed by atoms with Crippen molar-refractivity contribution >= 4 is 10.0 Å². The second kappa shape index (κ2) is 6.17. The molecule has 104 valence electrons. The third-order valence-corrected chi connectivity index (χ3v) is 5.87. The van der Waals surface area contributed by atoms with E-state index in [1.807, 2.05) is 0 Å². The lowest BCUT2D eigenvalue weighted by molar-refractivity contribution is 0.161. The van der Waals surface area contributed by atoms with E-state index in [0.717, 1.165) is 25.6 Å². The summed E-state index contributed by atoms with van der Waals surface area (Å²) in [6.07, 6.45) is 8.22. The molecule has 0 N–H and O–H groups in total. The molecular formula is C13H24N2O2S. The van der Waals surface area contributed by atoms with E-state index >= 15 is 0 Å². The second-order valence-electron chi connectivity index (χ2n) is 5.25. The highest BCUT2D eigenvalue weighted by molar-refractivity contribution is 7.89. The summed E-state index contributed by atoms with van der Waals surface area (Å²) in [6, 6.07) is 0. The van der Waals surface area contributed by atoms with E-state index in [9.17, 15) is 8.42 Å². The van der Waals surface area contributed by atoms with E-state index in [0.29, 0.717) is 13.1 Å². The third-order valence-electron chi connectivity index (χ3n) is 3.98. The number of nitrogens with zero attached hydrogens (tertiary/aromatic N) is 2. The Kier molecular flexibility index (Phi) is 4.81. The van der Waals surface area contributed by atoms with E-state index in [-0.39, 0.29) is 5.75 Å². The normalized spacial score (nSPS) is 27.5. The van der Waals surface area contributed by atoms with Gasteiger partial charge in [0.15, 0.2) is 0 Å². The van der Waals surface area contributed by atoms with Crippen molar-refractivity contribution in [2.75, 3.05) is 38.5 Å². The summed E-state index contributed by atoms with van der Waals surface area (Å²) in [5, 5.41) is 0. The average Bonchev–Trinajstić information content (AvgIpc) is 2.40. The molecule has 1 aliphatic carbocycles. The first-order valence-electron chi connectivity index (χ1n) is 6.97. The summed E-state index contributed by atoms with van der Waals surface area (Å²) in [5.41, 5.74) is 0. The minimum atomic E-state index is -2.98. The van der Waals surface area contributed by atoms with Crippen LogP contribution in [-0.2, 0) is 10.0 Å². The molecule has 0 aromatic heterocycles. The molecule has 0 amide bonds. The number of piperazine rings is 1. The van der Waals surface area contributed by atoms with Crippen molar-refractivity contribution < 1.29 is 8.42 Å². The average molecular weight is 272 g/mol. The summed E-state index contributed by atoms with van der Waals surface area (Å²) in [6.45, 7) is 5.96. The van der Waals surface area contributed by atoms with Crippen LogP contribution in [-0.4, -0.2) is 56.1 Å². The molecule has 0 aromatic rings. The molecule has 4 nitrogen and oxygen atoms in total. The summed E-state index contributed by atoms with van der Waals surface area (Å²) in [7, 11) is -2.98. The zero-order valence-electron chi connectivity index (χ0n) is 11.2. The maximum Gasteiger partial charge on any atom is 0.213 e. The van der Waals surface area contributed by atoms with Gasteiger partial charge < -0.3 is 4.90 Å². The van der Waals surface area contributed by atoms with Gasteiger partial charge in [0.05, 0.1) is 5.75 Å². The molecule has 0 spiro atoms. The molecule has 0 aromatic carbocycles. The van der Waals surface area contributed by atoms with Gasteiger partial charge in [0.25, 0.3) is 0 Å². The van der Waals surface area contributed by atoms with Crippen LogP contribution in [0, 0.1) is 5.92 Å². The monoisotopic (exact) mass is 272 g/mol. The first kappa shape index (κ1) is 14.0. The van der Waals surface area contributed by atoms with E-state index in [1.165, 1.54) is 19.3 Å². The van der Waals surface area contributed by atoms with E-state index < -0.39 is 10.0 Å². The third kappa shape index (κ3) is 3.56. The smallest absolute Gasteiger partial charge is 0.213 e. The van der Waals surface area contributed by atoms with Crippen molar-refractivity contribution in [3.05, 3.63) is 12.2 Å². The van der Waals surface area contributed by atoms with Crippen LogP contribution in [0.5, 0.6) is 0 Å². The fraction of sp³-hybridized carbons (Fsp3) is 0.846. The maximum absolute atomic E-state index is 11.7. The Morgan fingerprint density at radius 1 is 1.17 bits per heavy atom. The summed E-state index contributed by atoms with van der Waals surface area (Å²) >= 11 is 0. The van der Waals surface area contributed by atoms with Crippen LogP contribution >= 0.6 is 0 Å². The largest absolute Gasteiger partial charge is 0.300 e. The minimum absolute atomic E-state index is 0.223. The van der Waals surface area contributed by atoms with Gasteiger partial charge >= 0.3 is 0 Å². The first-order chi connectivity index (χ1) is 8.62. The number of allylic oxidation sites excluding steroid dienone is 2. The van der Waals surface area contributed by atoms with Crippen molar-refractivity contribution in [1.82, 2.24) is 9.21 Å². The van der Waals surface area contributed by atoms with Gasteiger partial charge in [0, 0.05) is 32.7 Å². The summed E-state index contributed by atoms with van der Waals surface area (Å²) in [5.74, 6) is 0.991. The van der Waals surface area contributed by atoms with Crippen LogP contribution < -0.4 is 0 Å². The van der Waals surface area contributed by atoms with Gasteiger partial charge in [-0.15, -0.1) is 0 Å². The van der Waals surface area contributed by atoms with Crippen LogP contribution in [0.3, 0.4) is 0 Å². The lowest BCUT2D eigenvalue weighted by atomic mass is 9.94. The molecule has 1 saturated heterocycles. The molecule has 1 atom stereocenters. The number of rotatable bonds is 4. The molecule has 0 radical (unpaired) electrons. The SMILES string of the molecule is CCS(=O)(=O)N1CCN(CC2CC=CCC2)CC1. The van der Waals surface area contributed by atoms with Crippen molar-refractivity contribution in [3.63, 3.8) is 0 Å². The molecule has 2 rings (SSSR count). The quantitative estimate of drug-likeness (QED) is 0.725. The molecule has 0 bridgehead atoms. The Morgan fingerprint density at radius 3 is 2.44 bits per heavy atom. The van der Waals surface area contributed by atoms with Gasteiger partial charge in [-0.05, 0) is 32.1 Å². The molecule has 1 aliphatic heterocycles. The van der Waals surface area contributed by atoms with Gasteiger partial charge in [-0.25, -0.2) is 8.42 Å². The highest BCUT2D eigenvalue weighted by Crippen LogP contribution is 2.20. The summed E-state index contributed by atoms with van der Waals surface area (Å²) in [4.78, 5) is 2.42. The molecule has 18 heavy (non-hydrogen) atoms. The van der Waals surface area contributed by atoms with Gasteiger partial charge in [-0.2, -0.15) is 4.31 Å². The zero-order valence-corrected chi connectivity index (χ0v) is 12.0. The molecule has 1 fully saturated rings. The van der Waals surface area contributed by atoms with Gasteiger partial charge in [-0.1, -0.05) is 12.2 Å². The molecule has 2 aliphatic rings. The van der Waals surface area contributed by atoms with Gasteiger partial charge in [0.1, 0.15) is 0 Å². The summed E-state index contributed by atoms with van der Waals surface area (Å²) < 4.78 is 25.1. The minimum Gasteiger partial charge on any atom is -0.300 e. The number of hydrogen-bond donors (Lipinski definition) is 0. The predicted molar refractivity (Wildman–Crippen MR) is 74.0 cm³/mol. The van der Waals surface area contributed by atoms with Crippen LogP contribution in [0.1, 0.15) is 26.2 Å². The van der Waals surface area contributed by atoms with Crippen LogP contribution in [0.15, 0.2) is 12.2 Å². The Bertz CT molecular complexity index is 384. The Balaban J connectivity index is 1.78. The zero-order chi connectivity index (χ0) is 13.0. The fourth-order valence-electron chi connectivity index (χ4n) is 2.76. The Labute approximate surface area is 111 Å². The van der Waals surface area contributed by atoms with Crippen molar-refractivity contribution in [2.24, 2.45) is 5.92 Å². The molecular weight excluding hydrogens is 248 g/mol. The highest BCUT2D eigenvalue weighted by atomic mass is 32.2. The van der Waals surface area contributed by atoms with E-state index in [1.54, 1.807) is 11.2 Å². The van der Waals surface area contributed by atoms with Crippen molar-refractivity contribution in [3.8, 4) is 0 Å². The molecule has 1 unspecified atom stereocenters. The van der Waals surface area contributed by atoms with Crippen molar-refractivity contribution in [2.45, 2.75) is 26.2 Å². The van der Waals surface area contributed by atoms with E-state index in [2.05, 4.69) is 17.1 Å². The number of hydrogen-bond acceptors (Lipinski definition) is 3. The van der Waals surface area contributed by atoms with Crippen LogP contribution in [0.25, 0.3) is 0 Å². The van der Waals surface area contributed by atoms with Crippen molar-refractivity contribution in [1.29, 1.82) is 0 Å². The molecule has 1 heterocycles. The fourth-order valence-corrected chi connectivity index (χ4v) is 3.84.